The summed E-state index contributed by atoms with van der Waals surface area (Å²) in [4.78, 5) is 11.9. The van der Waals surface area contributed by atoms with Crippen molar-refractivity contribution in [2.75, 3.05) is 13.7 Å². The zero-order valence-corrected chi connectivity index (χ0v) is 14.3. The Bertz CT molecular complexity index is 753. The number of carbonyl (C=O) groups excluding carboxylic acids is 1. The van der Waals surface area contributed by atoms with Crippen LogP contribution in [0, 0.1) is 0 Å². The Kier molecular flexibility index (Phi) is 5.21. The van der Waals surface area contributed by atoms with E-state index in [0.717, 1.165) is 29.7 Å². The Morgan fingerprint density at radius 1 is 1.29 bits per heavy atom. The summed E-state index contributed by atoms with van der Waals surface area (Å²) in [6.45, 7) is 0.472. The van der Waals surface area contributed by atoms with Gasteiger partial charge >= 0.3 is 5.97 Å². The molecule has 1 aliphatic rings. The van der Waals surface area contributed by atoms with Crippen molar-refractivity contribution in [2.45, 2.75) is 18.8 Å². The highest BCUT2D eigenvalue weighted by atomic mass is 35.5. The van der Waals surface area contributed by atoms with Gasteiger partial charge in [-0.3, -0.25) is 0 Å². The second-order valence-corrected chi connectivity index (χ2v) is 6.11. The first-order chi connectivity index (χ1) is 11.7. The fraction of sp³-hybridized carbons (Fsp3) is 0.250. The zero-order chi connectivity index (χ0) is 16.9. The SMILES string of the molecule is COC(=O)c1ccc2c(c1)C(Cc1ccccc1)CC(=CCl)CO2. The van der Waals surface area contributed by atoms with Crippen LogP contribution in [0.4, 0.5) is 0 Å². The van der Waals surface area contributed by atoms with E-state index in [9.17, 15) is 4.79 Å². The van der Waals surface area contributed by atoms with Gasteiger partial charge in [0.1, 0.15) is 12.4 Å². The highest BCUT2D eigenvalue weighted by Crippen LogP contribution is 2.38. The van der Waals surface area contributed by atoms with Gasteiger partial charge in [-0.1, -0.05) is 41.9 Å². The van der Waals surface area contributed by atoms with Crippen LogP contribution in [0.2, 0.25) is 0 Å². The lowest BCUT2D eigenvalue weighted by Gasteiger charge is -2.18. The summed E-state index contributed by atoms with van der Waals surface area (Å²) in [5.41, 5.74) is 5.46. The summed E-state index contributed by atoms with van der Waals surface area (Å²) in [5, 5.41) is 0. The number of benzene rings is 2. The van der Waals surface area contributed by atoms with E-state index in [1.54, 1.807) is 11.6 Å². The van der Waals surface area contributed by atoms with Gasteiger partial charge in [0.25, 0.3) is 0 Å². The topological polar surface area (TPSA) is 35.5 Å². The molecule has 0 bridgehead atoms. The second kappa shape index (κ2) is 7.54. The lowest BCUT2D eigenvalue weighted by Crippen LogP contribution is -2.07. The van der Waals surface area contributed by atoms with Crippen molar-refractivity contribution in [1.82, 2.24) is 0 Å². The van der Waals surface area contributed by atoms with E-state index < -0.39 is 0 Å². The van der Waals surface area contributed by atoms with Crippen molar-refractivity contribution >= 4 is 17.6 Å². The Labute approximate surface area is 146 Å². The van der Waals surface area contributed by atoms with E-state index in [0.29, 0.717) is 12.2 Å². The molecule has 0 spiro atoms. The molecule has 0 saturated heterocycles. The molecular formula is C20H19ClO3. The third-order valence-electron chi connectivity index (χ3n) is 4.27. The normalized spacial score (nSPS) is 18.4. The maximum Gasteiger partial charge on any atom is 0.337 e. The van der Waals surface area contributed by atoms with Crippen molar-refractivity contribution < 1.29 is 14.3 Å². The number of fused-ring (bicyclic) bond motifs is 1. The van der Waals surface area contributed by atoms with Gasteiger partial charge in [0.15, 0.2) is 0 Å². The molecular weight excluding hydrogens is 324 g/mol. The summed E-state index contributed by atoms with van der Waals surface area (Å²) < 4.78 is 10.7. The number of esters is 1. The number of hydrogen-bond acceptors (Lipinski definition) is 3. The average Bonchev–Trinajstić information content (AvgIpc) is 2.81. The largest absolute Gasteiger partial charge is 0.489 e. The van der Waals surface area contributed by atoms with E-state index in [-0.39, 0.29) is 11.9 Å². The molecule has 1 atom stereocenters. The van der Waals surface area contributed by atoms with Crippen LogP contribution in [0.1, 0.15) is 33.8 Å². The van der Waals surface area contributed by atoms with E-state index in [1.807, 2.05) is 30.3 Å². The Morgan fingerprint density at radius 2 is 2.08 bits per heavy atom. The number of methoxy groups -OCH3 is 1. The average molecular weight is 343 g/mol. The Hall–Kier alpha value is -2.26. The number of ether oxygens (including phenoxy) is 2. The monoisotopic (exact) mass is 342 g/mol. The Morgan fingerprint density at radius 3 is 2.79 bits per heavy atom. The summed E-state index contributed by atoms with van der Waals surface area (Å²) in [6.07, 6.45) is 1.66. The quantitative estimate of drug-likeness (QED) is 0.758. The number of rotatable bonds is 3. The van der Waals surface area contributed by atoms with Gasteiger partial charge in [-0.15, -0.1) is 0 Å². The molecule has 24 heavy (non-hydrogen) atoms. The molecule has 0 N–H and O–H groups in total. The zero-order valence-electron chi connectivity index (χ0n) is 13.5. The fourth-order valence-corrected chi connectivity index (χ4v) is 3.21. The number of halogens is 1. The minimum Gasteiger partial charge on any atom is -0.489 e. The van der Waals surface area contributed by atoms with Crippen LogP contribution in [0.5, 0.6) is 5.75 Å². The van der Waals surface area contributed by atoms with Gasteiger partial charge in [-0.05, 0) is 53.7 Å². The molecule has 124 valence electrons. The molecule has 0 aromatic heterocycles. The highest BCUT2D eigenvalue weighted by molar-refractivity contribution is 6.25. The predicted molar refractivity (Wildman–Crippen MR) is 94.7 cm³/mol. The lowest BCUT2D eigenvalue weighted by molar-refractivity contribution is 0.0600. The minimum atomic E-state index is -0.339. The van der Waals surface area contributed by atoms with Gasteiger partial charge < -0.3 is 9.47 Å². The third-order valence-corrected chi connectivity index (χ3v) is 4.58. The summed E-state index contributed by atoms with van der Waals surface area (Å²) in [7, 11) is 1.39. The maximum absolute atomic E-state index is 11.9. The molecule has 2 aromatic carbocycles. The fourth-order valence-electron chi connectivity index (χ4n) is 3.06. The first-order valence-electron chi connectivity index (χ1n) is 7.88. The van der Waals surface area contributed by atoms with Crippen LogP contribution >= 0.6 is 11.6 Å². The van der Waals surface area contributed by atoms with Crippen LogP contribution in [0.25, 0.3) is 0 Å². The van der Waals surface area contributed by atoms with Gasteiger partial charge in [-0.25, -0.2) is 4.79 Å². The van der Waals surface area contributed by atoms with Crippen molar-refractivity contribution in [1.29, 1.82) is 0 Å². The smallest absolute Gasteiger partial charge is 0.337 e. The lowest BCUT2D eigenvalue weighted by atomic mass is 9.86. The van der Waals surface area contributed by atoms with E-state index in [1.165, 1.54) is 12.7 Å². The van der Waals surface area contributed by atoms with Crippen LogP contribution in [-0.2, 0) is 11.2 Å². The molecule has 4 heteroatoms. The molecule has 3 nitrogen and oxygen atoms in total. The summed E-state index contributed by atoms with van der Waals surface area (Å²) in [5.74, 6) is 0.658. The second-order valence-electron chi connectivity index (χ2n) is 5.89. The molecule has 0 radical (unpaired) electrons. The van der Waals surface area contributed by atoms with Gasteiger partial charge in [-0.2, -0.15) is 0 Å². The first-order valence-corrected chi connectivity index (χ1v) is 8.32. The molecule has 2 aromatic rings. The molecule has 0 aliphatic carbocycles. The number of hydrogen-bond donors (Lipinski definition) is 0. The molecule has 0 saturated carbocycles. The molecule has 0 amide bonds. The molecule has 1 aliphatic heterocycles. The Balaban J connectivity index is 2.00. The summed E-state index contributed by atoms with van der Waals surface area (Å²) >= 11 is 5.95. The molecule has 1 heterocycles. The summed E-state index contributed by atoms with van der Waals surface area (Å²) in [6, 6.07) is 15.8. The van der Waals surface area contributed by atoms with Gasteiger partial charge in [0.05, 0.1) is 12.7 Å². The third kappa shape index (κ3) is 3.62. The van der Waals surface area contributed by atoms with Crippen molar-refractivity contribution in [3.63, 3.8) is 0 Å². The van der Waals surface area contributed by atoms with Gasteiger partial charge in [0.2, 0.25) is 0 Å². The predicted octanol–water partition coefficient (Wildman–Crippen LogP) is 4.70. The molecule has 1 unspecified atom stereocenters. The van der Waals surface area contributed by atoms with Crippen LogP contribution in [0.3, 0.4) is 0 Å². The maximum atomic E-state index is 11.9. The van der Waals surface area contributed by atoms with Crippen LogP contribution in [-0.4, -0.2) is 19.7 Å². The van der Waals surface area contributed by atoms with Crippen molar-refractivity contribution in [2.24, 2.45) is 0 Å². The van der Waals surface area contributed by atoms with Crippen molar-refractivity contribution in [3.05, 3.63) is 76.3 Å². The minimum absolute atomic E-state index is 0.194. The van der Waals surface area contributed by atoms with Crippen LogP contribution < -0.4 is 4.74 Å². The van der Waals surface area contributed by atoms with E-state index >= 15 is 0 Å². The first kappa shape index (κ1) is 16.6. The highest BCUT2D eigenvalue weighted by Gasteiger charge is 2.24. The number of carbonyl (C=O) groups is 1. The standard InChI is InChI=1S/C20H19ClO3/c1-23-20(22)16-7-8-19-18(11-16)17(10-15(12-21)13-24-19)9-14-5-3-2-4-6-14/h2-8,11-12,17H,9-10,13H2,1H3. The van der Waals surface area contributed by atoms with E-state index in [2.05, 4.69) is 12.1 Å². The van der Waals surface area contributed by atoms with Crippen molar-refractivity contribution in [3.8, 4) is 5.75 Å². The molecule has 3 rings (SSSR count). The molecule has 0 fully saturated rings. The van der Waals surface area contributed by atoms with E-state index in [4.69, 9.17) is 21.1 Å². The van der Waals surface area contributed by atoms with Crippen LogP contribution in [0.15, 0.2) is 59.6 Å². The van der Waals surface area contributed by atoms with Gasteiger partial charge in [0, 0.05) is 5.54 Å².